The molecule has 0 aliphatic heterocycles. The normalized spacial score (nSPS) is 13.2. The molecule has 0 radical (unpaired) electrons. The van der Waals surface area contributed by atoms with Gasteiger partial charge in [-0.1, -0.05) is 24.3 Å². The fraction of sp³-hybridized carbons (Fsp3) is 0.200. The first-order valence-electron chi connectivity index (χ1n) is 5.89. The lowest BCUT2D eigenvalue weighted by atomic mass is 10.2. The molecule has 2 nitrogen and oxygen atoms in total. The Balaban J connectivity index is 2.77. The number of aryl methyl sites for hydroxylation is 1. The van der Waals surface area contributed by atoms with E-state index in [1.807, 2.05) is 19.1 Å². The molecule has 0 unspecified atom stereocenters. The van der Waals surface area contributed by atoms with Gasteiger partial charge in [-0.25, -0.2) is 0 Å². The average molecular weight is 283 g/mol. The maximum absolute atomic E-state index is 12.7. The summed E-state index contributed by atoms with van der Waals surface area (Å²) >= 11 is 0. The van der Waals surface area contributed by atoms with Crippen molar-refractivity contribution in [2.24, 2.45) is 5.73 Å². The highest BCUT2D eigenvalue weighted by Crippen LogP contribution is 2.27. The summed E-state index contributed by atoms with van der Waals surface area (Å²) in [5.41, 5.74) is 5.47. The van der Waals surface area contributed by atoms with Crippen LogP contribution in [0.25, 0.3) is 0 Å². The lowest BCUT2D eigenvalue weighted by Gasteiger charge is -2.09. The zero-order valence-electron chi connectivity index (χ0n) is 11.1. The Morgan fingerprint density at radius 3 is 2.40 bits per heavy atom. The Morgan fingerprint density at radius 2 is 1.90 bits per heavy atom. The van der Waals surface area contributed by atoms with Crippen LogP contribution in [-0.4, -0.2) is 12.8 Å². The van der Waals surface area contributed by atoms with Crippen molar-refractivity contribution >= 4 is 0 Å². The van der Waals surface area contributed by atoms with Crippen LogP contribution in [-0.2, 0) is 0 Å². The Labute approximate surface area is 116 Å². The molecule has 0 atom stereocenters. The van der Waals surface area contributed by atoms with Crippen LogP contribution in [0.3, 0.4) is 0 Å². The van der Waals surface area contributed by atoms with Gasteiger partial charge in [0.15, 0.2) is 0 Å². The van der Waals surface area contributed by atoms with Gasteiger partial charge >= 0.3 is 6.18 Å². The molecular formula is C15H16F3NO. The largest absolute Gasteiger partial charge is 0.490 e. The Hall–Kier alpha value is -2.17. The zero-order chi connectivity index (χ0) is 15.2. The highest BCUT2D eigenvalue weighted by Gasteiger charge is 2.31. The van der Waals surface area contributed by atoms with Crippen molar-refractivity contribution in [1.29, 1.82) is 0 Å². The predicted octanol–water partition coefficient (Wildman–Crippen LogP) is 3.89. The highest BCUT2D eigenvalue weighted by atomic mass is 19.4. The van der Waals surface area contributed by atoms with Gasteiger partial charge in [-0.15, -0.1) is 0 Å². The Bertz CT molecular complexity index is 513. The number of benzene rings is 1. The highest BCUT2D eigenvalue weighted by molar-refractivity contribution is 5.31. The molecule has 1 aromatic rings. The average Bonchev–Trinajstić information content (AvgIpc) is 2.38. The molecular weight excluding hydrogens is 267 g/mol. The summed E-state index contributed by atoms with van der Waals surface area (Å²) in [7, 11) is 0. The number of alkyl halides is 3. The monoisotopic (exact) mass is 283 g/mol. The summed E-state index contributed by atoms with van der Waals surface area (Å²) in [5, 5.41) is 0. The van der Waals surface area contributed by atoms with E-state index in [0.717, 1.165) is 23.8 Å². The Kier molecular flexibility index (Phi) is 5.43. The lowest BCUT2D eigenvalue weighted by Crippen LogP contribution is -2.13. The molecule has 2 N–H and O–H groups in total. The summed E-state index contributed by atoms with van der Waals surface area (Å²) in [6, 6.07) is 7.04. The first kappa shape index (κ1) is 15.9. The fourth-order valence-corrected chi connectivity index (χ4v) is 1.36. The summed E-state index contributed by atoms with van der Waals surface area (Å²) < 4.78 is 43.4. The minimum atomic E-state index is -4.48. The van der Waals surface area contributed by atoms with Crippen molar-refractivity contribution in [3.05, 3.63) is 65.9 Å². The van der Waals surface area contributed by atoms with Gasteiger partial charge in [0, 0.05) is 5.70 Å². The summed E-state index contributed by atoms with van der Waals surface area (Å²) in [6.07, 6.45) is -1.56. The third-order valence-corrected chi connectivity index (χ3v) is 2.46. The van der Waals surface area contributed by atoms with Crippen LogP contribution in [0, 0.1) is 6.92 Å². The second kappa shape index (κ2) is 6.84. The topological polar surface area (TPSA) is 35.2 Å². The minimum absolute atomic E-state index is 0.0519. The number of hydrogen-bond donors (Lipinski definition) is 1. The van der Waals surface area contributed by atoms with Gasteiger partial charge in [-0.3, -0.25) is 0 Å². The van der Waals surface area contributed by atoms with Gasteiger partial charge in [0.2, 0.25) is 0 Å². The molecule has 1 rings (SSSR count). The van der Waals surface area contributed by atoms with E-state index in [2.05, 4.69) is 6.58 Å². The van der Waals surface area contributed by atoms with Crippen molar-refractivity contribution in [3.8, 4) is 5.75 Å². The predicted molar refractivity (Wildman–Crippen MR) is 73.3 cm³/mol. The van der Waals surface area contributed by atoms with Crippen LogP contribution < -0.4 is 10.5 Å². The molecule has 0 aliphatic rings. The Morgan fingerprint density at radius 1 is 1.30 bits per heavy atom. The van der Waals surface area contributed by atoms with Crippen molar-refractivity contribution < 1.29 is 17.9 Å². The molecule has 0 saturated heterocycles. The third-order valence-electron chi connectivity index (χ3n) is 2.46. The first-order chi connectivity index (χ1) is 9.32. The van der Waals surface area contributed by atoms with E-state index < -0.39 is 11.7 Å². The molecule has 1 aromatic carbocycles. The van der Waals surface area contributed by atoms with E-state index in [1.165, 1.54) is 0 Å². The number of rotatable bonds is 5. The maximum Gasteiger partial charge on any atom is 0.416 e. The minimum Gasteiger partial charge on any atom is -0.490 e. The number of allylic oxidation sites excluding steroid dienone is 3. The number of halogens is 3. The molecule has 0 saturated carbocycles. The van der Waals surface area contributed by atoms with Gasteiger partial charge < -0.3 is 10.5 Å². The van der Waals surface area contributed by atoms with Crippen LogP contribution in [0.4, 0.5) is 13.2 Å². The molecule has 0 amide bonds. The van der Waals surface area contributed by atoms with E-state index in [9.17, 15) is 13.2 Å². The van der Waals surface area contributed by atoms with Crippen molar-refractivity contribution in [2.45, 2.75) is 13.1 Å². The molecule has 0 fully saturated rings. The zero-order valence-corrected chi connectivity index (χ0v) is 11.1. The number of ether oxygens (including phenoxy) is 1. The summed E-state index contributed by atoms with van der Waals surface area (Å²) in [4.78, 5) is 0. The third kappa shape index (κ3) is 5.22. The van der Waals surface area contributed by atoms with Gasteiger partial charge in [0.25, 0.3) is 0 Å². The first-order valence-corrected chi connectivity index (χ1v) is 5.89. The molecule has 0 heterocycles. The van der Waals surface area contributed by atoms with Gasteiger partial charge in [-0.2, -0.15) is 13.2 Å². The quantitative estimate of drug-likeness (QED) is 0.832. The van der Waals surface area contributed by atoms with E-state index in [0.29, 0.717) is 5.75 Å². The van der Waals surface area contributed by atoms with Crippen molar-refractivity contribution in [3.63, 3.8) is 0 Å². The lowest BCUT2D eigenvalue weighted by molar-refractivity contribution is -0.0886. The smallest absolute Gasteiger partial charge is 0.416 e. The van der Waals surface area contributed by atoms with Crippen LogP contribution in [0.1, 0.15) is 5.56 Å². The van der Waals surface area contributed by atoms with Gasteiger partial charge in [0.05, 0.1) is 5.57 Å². The van der Waals surface area contributed by atoms with Crippen LogP contribution in [0.2, 0.25) is 0 Å². The van der Waals surface area contributed by atoms with Crippen LogP contribution >= 0.6 is 0 Å². The second-order valence-corrected chi connectivity index (χ2v) is 4.13. The van der Waals surface area contributed by atoms with Crippen LogP contribution in [0.15, 0.2) is 60.3 Å². The molecule has 20 heavy (non-hydrogen) atoms. The van der Waals surface area contributed by atoms with E-state index in [4.69, 9.17) is 10.5 Å². The fourth-order valence-electron chi connectivity index (χ4n) is 1.36. The van der Waals surface area contributed by atoms with Crippen molar-refractivity contribution in [2.75, 3.05) is 6.61 Å². The number of hydrogen-bond acceptors (Lipinski definition) is 2. The van der Waals surface area contributed by atoms with Gasteiger partial charge in [-0.05, 0) is 37.3 Å². The SMILES string of the molecule is C=C/C(N)=C\C(=C/COc1ccc(C)cc1)C(F)(F)F. The molecule has 0 aromatic heterocycles. The van der Waals surface area contributed by atoms with Crippen LogP contribution in [0.5, 0.6) is 5.75 Å². The molecule has 5 heteroatoms. The van der Waals surface area contributed by atoms with E-state index in [1.54, 1.807) is 12.1 Å². The summed E-state index contributed by atoms with van der Waals surface area (Å²) in [6.45, 7) is 5.03. The van der Waals surface area contributed by atoms with E-state index >= 15 is 0 Å². The van der Waals surface area contributed by atoms with Gasteiger partial charge in [0.1, 0.15) is 12.4 Å². The second-order valence-electron chi connectivity index (χ2n) is 4.13. The number of nitrogens with two attached hydrogens (primary N) is 1. The molecule has 108 valence electrons. The molecule has 0 spiro atoms. The van der Waals surface area contributed by atoms with Crippen molar-refractivity contribution in [1.82, 2.24) is 0 Å². The molecule has 0 bridgehead atoms. The standard InChI is InChI=1S/C15H16F3NO/c1-3-13(19)10-12(15(16,17)18)8-9-20-14-6-4-11(2)5-7-14/h3-8,10H,1,9,19H2,2H3/b12-8+,13-10+. The maximum atomic E-state index is 12.7. The summed E-state index contributed by atoms with van der Waals surface area (Å²) in [5.74, 6) is 0.508. The van der Waals surface area contributed by atoms with E-state index in [-0.39, 0.29) is 12.3 Å². The molecule has 0 aliphatic carbocycles.